The van der Waals surface area contributed by atoms with Gasteiger partial charge in [-0.15, -0.1) is 0 Å². The molecule has 1 heterocycles. The Morgan fingerprint density at radius 1 is 1.22 bits per heavy atom. The molecule has 0 amide bonds. The van der Waals surface area contributed by atoms with Crippen LogP contribution in [0, 0.1) is 19.8 Å². The highest BCUT2D eigenvalue weighted by Crippen LogP contribution is 2.32. The fraction of sp³-hybridized carbons (Fsp3) is 0.688. The molecule has 0 aliphatic heterocycles. The molecule has 1 atom stereocenters. The minimum atomic E-state index is 0.473. The lowest BCUT2D eigenvalue weighted by molar-refractivity contribution is 0.305. The van der Waals surface area contributed by atoms with Gasteiger partial charge in [-0.3, -0.25) is 4.98 Å². The van der Waals surface area contributed by atoms with Gasteiger partial charge in [-0.2, -0.15) is 0 Å². The molecule has 2 heteroatoms. The number of nitrogens with zero attached hydrogens (tertiary/aromatic N) is 1. The highest BCUT2D eigenvalue weighted by Gasteiger charge is 2.20. The number of nitrogens with one attached hydrogen (secondary N) is 1. The molecule has 1 fully saturated rings. The molecule has 1 aliphatic carbocycles. The van der Waals surface area contributed by atoms with Crippen LogP contribution in [0.15, 0.2) is 12.1 Å². The van der Waals surface area contributed by atoms with Crippen LogP contribution in [0.1, 0.15) is 61.5 Å². The lowest BCUT2D eigenvalue weighted by Crippen LogP contribution is -2.22. The van der Waals surface area contributed by atoms with Gasteiger partial charge in [-0.25, -0.2) is 0 Å². The SMILES string of the molecule is CNC(CC1CCCCC1)c1ccc(C)nc1C. The summed E-state index contributed by atoms with van der Waals surface area (Å²) in [6.07, 6.45) is 8.37. The van der Waals surface area contributed by atoms with E-state index in [0.29, 0.717) is 6.04 Å². The Kier molecular flexibility index (Phi) is 4.76. The van der Waals surface area contributed by atoms with E-state index < -0.39 is 0 Å². The third-order valence-corrected chi connectivity index (χ3v) is 4.28. The van der Waals surface area contributed by atoms with Crippen LogP contribution in [0.2, 0.25) is 0 Å². The smallest absolute Gasteiger partial charge is 0.0423 e. The summed E-state index contributed by atoms with van der Waals surface area (Å²) in [5, 5.41) is 3.49. The monoisotopic (exact) mass is 246 g/mol. The molecule has 0 aromatic carbocycles. The summed E-state index contributed by atoms with van der Waals surface area (Å²) >= 11 is 0. The second-order valence-corrected chi connectivity index (χ2v) is 5.71. The predicted molar refractivity (Wildman–Crippen MR) is 76.7 cm³/mol. The molecule has 0 spiro atoms. The number of hydrogen-bond acceptors (Lipinski definition) is 2. The molecule has 1 aromatic heterocycles. The standard InChI is InChI=1S/C16H26N2/c1-12-9-10-15(13(2)18-12)16(17-3)11-14-7-5-4-6-8-14/h9-10,14,16-17H,4-8,11H2,1-3H3. The molecule has 0 saturated heterocycles. The third kappa shape index (κ3) is 3.32. The van der Waals surface area contributed by atoms with Gasteiger partial charge in [0.25, 0.3) is 0 Å². The second kappa shape index (κ2) is 6.33. The van der Waals surface area contributed by atoms with Gasteiger partial charge in [0.1, 0.15) is 0 Å². The molecule has 1 saturated carbocycles. The average molecular weight is 246 g/mol. The second-order valence-electron chi connectivity index (χ2n) is 5.71. The number of pyridine rings is 1. The number of rotatable bonds is 4. The van der Waals surface area contributed by atoms with Gasteiger partial charge in [-0.1, -0.05) is 38.2 Å². The summed E-state index contributed by atoms with van der Waals surface area (Å²) in [7, 11) is 2.08. The van der Waals surface area contributed by atoms with E-state index >= 15 is 0 Å². The van der Waals surface area contributed by atoms with Gasteiger partial charge in [0.05, 0.1) is 0 Å². The first-order valence-electron chi connectivity index (χ1n) is 7.32. The van der Waals surface area contributed by atoms with Gasteiger partial charge < -0.3 is 5.32 Å². The van der Waals surface area contributed by atoms with Crippen LogP contribution in [-0.4, -0.2) is 12.0 Å². The number of hydrogen-bond donors (Lipinski definition) is 1. The minimum Gasteiger partial charge on any atom is -0.313 e. The minimum absolute atomic E-state index is 0.473. The van der Waals surface area contributed by atoms with E-state index in [2.05, 4.69) is 43.3 Å². The first-order chi connectivity index (χ1) is 8.70. The summed E-state index contributed by atoms with van der Waals surface area (Å²) in [6, 6.07) is 4.86. The molecule has 1 unspecified atom stereocenters. The lowest BCUT2D eigenvalue weighted by Gasteiger charge is -2.27. The van der Waals surface area contributed by atoms with Crippen LogP contribution in [0.4, 0.5) is 0 Å². The zero-order valence-corrected chi connectivity index (χ0v) is 12.0. The van der Waals surface area contributed by atoms with Crippen LogP contribution < -0.4 is 5.32 Å². The van der Waals surface area contributed by atoms with Crippen molar-refractivity contribution in [2.24, 2.45) is 5.92 Å². The van der Waals surface area contributed by atoms with Crippen molar-refractivity contribution in [3.05, 3.63) is 29.1 Å². The molecular weight excluding hydrogens is 220 g/mol. The molecule has 1 N–H and O–H groups in total. The molecule has 18 heavy (non-hydrogen) atoms. The lowest BCUT2D eigenvalue weighted by atomic mass is 9.83. The highest BCUT2D eigenvalue weighted by atomic mass is 14.9. The van der Waals surface area contributed by atoms with Crippen molar-refractivity contribution in [2.45, 2.75) is 58.4 Å². The summed E-state index contributed by atoms with van der Waals surface area (Å²) in [4.78, 5) is 4.60. The molecule has 2 nitrogen and oxygen atoms in total. The maximum absolute atomic E-state index is 4.60. The predicted octanol–water partition coefficient (Wildman–Crippen LogP) is 3.93. The Morgan fingerprint density at radius 2 is 1.94 bits per heavy atom. The van der Waals surface area contributed by atoms with Crippen LogP contribution in [0.3, 0.4) is 0 Å². The van der Waals surface area contributed by atoms with E-state index in [9.17, 15) is 0 Å². The van der Waals surface area contributed by atoms with Crippen molar-refractivity contribution >= 4 is 0 Å². The van der Waals surface area contributed by atoms with Crippen LogP contribution >= 0.6 is 0 Å². The van der Waals surface area contributed by atoms with E-state index in [0.717, 1.165) is 11.6 Å². The van der Waals surface area contributed by atoms with Crippen LogP contribution in [0.25, 0.3) is 0 Å². The zero-order valence-electron chi connectivity index (χ0n) is 12.0. The van der Waals surface area contributed by atoms with E-state index in [4.69, 9.17) is 0 Å². The largest absolute Gasteiger partial charge is 0.313 e. The van der Waals surface area contributed by atoms with Gasteiger partial charge in [0.15, 0.2) is 0 Å². The molecular formula is C16H26N2. The molecule has 1 aliphatic rings. The Morgan fingerprint density at radius 3 is 2.56 bits per heavy atom. The summed E-state index contributed by atoms with van der Waals surface area (Å²) in [6.45, 7) is 4.19. The Labute approximate surface area is 111 Å². The van der Waals surface area contributed by atoms with Crippen molar-refractivity contribution < 1.29 is 0 Å². The normalized spacial score (nSPS) is 18.8. The maximum Gasteiger partial charge on any atom is 0.0423 e. The molecule has 2 rings (SSSR count). The van der Waals surface area contributed by atoms with Gasteiger partial charge in [0.2, 0.25) is 0 Å². The molecule has 100 valence electrons. The summed E-state index contributed by atoms with van der Waals surface area (Å²) in [5.41, 5.74) is 3.68. The van der Waals surface area contributed by atoms with Crippen molar-refractivity contribution in [1.82, 2.24) is 10.3 Å². The summed E-state index contributed by atoms with van der Waals surface area (Å²) < 4.78 is 0. The topological polar surface area (TPSA) is 24.9 Å². The van der Waals surface area contributed by atoms with Crippen LogP contribution in [-0.2, 0) is 0 Å². The maximum atomic E-state index is 4.60. The van der Waals surface area contributed by atoms with Gasteiger partial charge in [-0.05, 0) is 44.9 Å². The van der Waals surface area contributed by atoms with Gasteiger partial charge in [0, 0.05) is 17.4 Å². The first-order valence-corrected chi connectivity index (χ1v) is 7.32. The third-order valence-electron chi connectivity index (χ3n) is 4.28. The molecule has 0 radical (unpaired) electrons. The average Bonchev–Trinajstić information content (AvgIpc) is 2.38. The van der Waals surface area contributed by atoms with E-state index in [1.165, 1.54) is 49.8 Å². The van der Waals surface area contributed by atoms with Crippen molar-refractivity contribution in [2.75, 3.05) is 7.05 Å². The summed E-state index contributed by atoms with van der Waals surface area (Å²) in [5.74, 6) is 0.900. The fourth-order valence-corrected chi connectivity index (χ4v) is 3.22. The first kappa shape index (κ1) is 13.5. The highest BCUT2D eigenvalue weighted by molar-refractivity contribution is 5.25. The number of aromatic nitrogens is 1. The molecule has 0 bridgehead atoms. The van der Waals surface area contributed by atoms with E-state index in [1.807, 2.05) is 0 Å². The van der Waals surface area contributed by atoms with E-state index in [1.54, 1.807) is 0 Å². The van der Waals surface area contributed by atoms with Crippen molar-refractivity contribution in [3.63, 3.8) is 0 Å². The van der Waals surface area contributed by atoms with Crippen molar-refractivity contribution in [1.29, 1.82) is 0 Å². The fourth-order valence-electron chi connectivity index (χ4n) is 3.22. The molecule has 1 aromatic rings. The zero-order chi connectivity index (χ0) is 13.0. The quantitative estimate of drug-likeness (QED) is 0.870. The Hall–Kier alpha value is -0.890. The van der Waals surface area contributed by atoms with E-state index in [-0.39, 0.29) is 0 Å². The Bertz CT molecular complexity index is 381. The Balaban J connectivity index is 2.07. The van der Waals surface area contributed by atoms with Crippen molar-refractivity contribution in [3.8, 4) is 0 Å². The number of aryl methyl sites for hydroxylation is 2. The van der Waals surface area contributed by atoms with Gasteiger partial charge >= 0.3 is 0 Å². The van der Waals surface area contributed by atoms with Crippen LogP contribution in [0.5, 0.6) is 0 Å².